The van der Waals surface area contributed by atoms with Gasteiger partial charge >= 0.3 is 0 Å². The van der Waals surface area contributed by atoms with Crippen molar-refractivity contribution in [3.8, 4) is 0 Å². The maximum Gasteiger partial charge on any atom is 0.244 e. The lowest BCUT2D eigenvalue weighted by Crippen LogP contribution is -2.33. The van der Waals surface area contributed by atoms with Gasteiger partial charge in [-0.15, -0.1) is 5.10 Å². The Hall–Kier alpha value is -1.47. The number of nitrogens with one attached hydrogen (secondary N) is 1. The molecule has 7 nitrogen and oxygen atoms in total. The number of amides is 1. The Morgan fingerprint density at radius 3 is 2.57 bits per heavy atom. The largest absolute Gasteiger partial charge is 0.396 e. The van der Waals surface area contributed by atoms with E-state index in [-0.39, 0.29) is 25.2 Å². The average Bonchev–Trinajstić information content (AvgIpc) is 3.00. The number of aliphatic hydroxyl groups is 2. The van der Waals surface area contributed by atoms with Crippen LogP contribution in [0.4, 0.5) is 0 Å². The van der Waals surface area contributed by atoms with E-state index in [4.69, 9.17) is 10.2 Å². The van der Waals surface area contributed by atoms with Crippen molar-refractivity contribution in [1.29, 1.82) is 0 Å². The monoisotopic (exact) mass is 326 g/mol. The van der Waals surface area contributed by atoms with Gasteiger partial charge in [-0.25, -0.2) is 4.68 Å². The standard InChI is InChI=1S/C16H30N4O3/c1-2-15(16(23)17-10-6-3-4-7-11-21)20-13-14(18-19-20)9-5-8-12-22/h13,15,21-22H,2-12H2,1H3,(H,17,23). The highest BCUT2D eigenvalue weighted by molar-refractivity contribution is 5.80. The number of aliphatic hydroxyl groups excluding tert-OH is 2. The second-order valence-electron chi connectivity index (χ2n) is 5.72. The molecule has 0 saturated heterocycles. The van der Waals surface area contributed by atoms with Gasteiger partial charge in [0, 0.05) is 26.0 Å². The third-order valence-electron chi connectivity index (χ3n) is 3.79. The highest BCUT2D eigenvalue weighted by Crippen LogP contribution is 2.11. The van der Waals surface area contributed by atoms with Crippen LogP contribution < -0.4 is 5.32 Å². The topological polar surface area (TPSA) is 100 Å². The summed E-state index contributed by atoms with van der Waals surface area (Å²) in [4.78, 5) is 12.3. The Labute approximate surface area is 138 Å². The van der Waals surface area contributed by atoms with Crippen LogP contribution in [-0.2, 0) is 11.2 Å². The summed E-state index contributed by atoms with van der Waals surface area (Å²) in [6.45, 7) is 3.03. The molecule has 3 N–H and O–H groups in total. The zero-order valence-corrected chi connectivity index (χ0v) is 14.1. The first kappa shape index (κ1) is 19.6. The minimum atomic E-state index is -0.327. The average molecular weight is 326 g/mol. The molecule has 23 heavy (non-hydrogen) atoms. The number of nitrogens with zero attached hydrogens (tertiary/aromatic N) is 3. The molecule has 0 spiro atoms. The molecule has 1 aromatic heterocycles. The third kappa shape index (κ3) is 7.56. The summed E-state index contributed by atoms with van der Waals surface area (Å²) in [6, 6.07) is -0.327. The number of hydrogen-bond donors (Lipinski definition) is 3. The lowest BCUT2D eigenvalue weighted by atomic mass is 10.2. The number of aryl methyl sites for hydroxylation is 1. The van der Waals surface area contributed by atoms with Crippen molar-refractivity contribution < 1.29 is 15.0 Å². The maximum absolute atomic E-state index is 12.3. The predicted molar refractivity (Wildman–Crippen MR) is 87.9 cm³/mol. The Bertz CT molecular complexity index is 437. The van der Waals surface area contributed by atoms with E-state index < -0.39 is 0 Å². The van der Waals surface area contributed by atoms with Gasteiger partial charge in [-0.2, -0.15) is 0 Å². The second-order valence-corrected chi connectivity index (χ2v) is 5.72. The first-order chi connectivity index (χ1) is 11.2. The van der Waals surface area contributed by atoms with Crippen LogP contribution >= 0.6 is 0 Å². The molecule has 0 fully saturated rings. The van der Waals surface area contributed by atoms with E-state index in [1.807, 2.05) is 13.1 Å². The Balaban J connectivity index is 2.38. The van der Waals surface area contributed by atoms with Crippen LogP contribution in [0.25, 0.3) is 0 Å². The summed E-state index contributed by atoms with van der Waals surface area (Å²) in [5.74, 6) is -0.0264. The fraction of sp³-hybridized carbons (Fsp3) is 0.812. The molecule has 1 atom stereocenters. The van der Waals surface area contributed by atoms with Crippen LogP contribution in [0.3, 0.4) is 0 Å². The molecule has 1 heterocycles. The number of carbonyl (C=O) groups is 1. The summed E-state index contributed by atoms with van der Waals surface area (Å²) in [5.41, 5.74) is 0.855. The van der Waals surface area contributed by atoms with Gasteiger partial charge in [0.2, 0.25) is 5.91 Å². The molecule has 1 rings (SSSR count). The summed E-state index contributed by atoms with van der Waals surface area (Å²) in [5, 5.41) is 28.6. The van der Waals surface area contributed by atoms with E-state index in [1.165, 1.54) is 0 Å². The number of aromatic nitrogens is 3. The lowest BCUT2D eigenvalue weighted by Gasteiger charge is -2.14. The van der Waals surface area contributed by atoms with Crippen molar-refractivity contribution in [2.75, 3.05) is 19.8 Å². The first-order valence-corrected chi connectivity index (χ1v) is 8.63. The molecule has 7 heteroatoms. The van der Waals surface area contributed by atoms with E-state index in [0.29, 0.717) is 13.0 Å². The van der Waals surface area contributed by atoms with Crippen LogP contribution in [0.5, 0.6) is 0 Å². The fourth-order valence-corrected chi connectivity index (χ4v) is 2.41. The summed E-state index contributed by atoms with van der Waals surface area (Å²) in [6.07, 6.45) is 8.62. The number of hydrogen-bond acceptors (Lipinski definition) is 5. The smallest absolute Gasteiger partial charge is 0.244 e. The van der Waals surface area contributed by atoms with Crippen molar-refractivity contribution in [2.45, 2.75) is 64.3 Å². The SMILES string of the molecule is CCC(C(=O)NCCCCCCO)n1cc(CCCCO)nn1. The first-order valence-electron chi connectivity index (χ1n) is 8.63. The van der Waals surface area contributed by atoms with Crippen LogP contribution in [-0.4, -0.2) is 50.9 Å². The zero-order valence-electron chi connectivity index (χ0n) is 14.1. The van der Waals surface area contributed by atoms with Gasteiger partial charge < -0.3 is 15.5 Å². The van der Waals surface area contributed by atoms with E-state index in [9.17, 15) is 4.79 Å². The molecule has 1 amide bonds. The van der Waals surface area contributed by atoms with Crippen molar-refractivity contribution in [3.63, 3.8) is 0 Å². The third-order valence-corrected chi connectivity index (χ3v) is 3.79. The molecule has 0 aliphatic carbocycles. The van der Waals surface area contributed by atoms with Crippen molar-refractivity contribution in [2.24, 2.45) is 0 Å². The molecule has 0 radical (unpaired) electrons. The van der Waals surface area contributed by atoms with Crippen LogP contribution in [0.2, 0.25) is 0 Å². The van der Waals surface area contributed by atoms with E-state index in [1.54, 1.807) is 4.68 Å². The van der Waals surface area contributed by atoms with Crippen molar-refractivity contribution in [1.82, 2.24) is 20.3 Å². The minimum Gasteiger partial charge on any atom is -0.396 e. The normalized spacial score (nSPS) is 12.3. The summed E-state index contributed by atoms with van der Waals surface area (Å²) < 4.78 is 1.63. The fourth-order valence-electron chi connectivity index (χ4n) is 2.41. The van der Waals surface area contributed by atoms with Crippen LogP contribution in [0.1, 0.15) is 63.6 Å². The molecule has 0 bridgehead atoms. The number of carbonyl (C=O) groups excluding carboxylic acids is 1. The van der Waals surface area contributed by atoms with Crippen molar-refractivity contribution >= 4 is 5.91 Å². The lowest BCUT2D eigenvalue weighted by molar-refractivity contribution is -0.124. The Morgan fingerprint density at radius 2 is 1.87 bits per heavy atom. The van der Waals surface area contributed by atoms with E-state index in [0.717, 1.165) is 50.6 Å². The Kier molecular flexibility index (Phi) is 10.2. The van der Waals surface area contributed by atoms with Gasteiger partial charge in [0.25, 0.3) is 0 Å². The predicted octanol–water partition coefficient (Wildman–Crippen LogP) is 1.21. The van der Waals surface area contributed by atoms with Crippen LogP contribution in [0.15, 0.2) is 6.20 Å². The van der Waals surface area contributed by atoms with Gasteiger partial charge in [0.1, 0.15) is 6.04 Å². The highest BCUT2D eigenvalue weighted by atomic mass is 16.3. The van der Waals surface area contributed by atoms with Gasteiger partial charge in [-0.1, -0.05) is 25.0 Å². The molecule has 1 unspecified atom stereocenters. The van der Waals surface area contributed by atoms with Gasteiger partial charge in [-0.05, 0) is 38.5 Å². The van der Waals surface area contributed by atoms with Gasteiger partial charge in [0.15, 0.2) is 0 Å². The highest BCUT2D eigenvalue weighted by Gasteiger charge is 2.19. The molecule has 0 saturated carbocycles. The number of unbranched alkanes of at least 4 members (excludes halogenated alkanes) is 4. The maximum atomic E-state index is 12.3. The Morgan fingerprint density at radius 1 is 1.17 bits per heavy atom. The zero-order chi connectivity index (χ0) is 16.9. The van der Waals surface area contributed by atoms with Gasteiger partial charge in [-0.3, -0.25) is 4.79 Å². The minimum absolute atomic E-state index is 0.0264. The summed E-state index contributed by atoms with van der Waals surface area (Å²) >= 11 is 0. The van der Waals surface area contributed by atoms with Crippen LogP contribution in [0, 0.1) is 0 Å². The quantitative estimate of drug-likeness (QED) is 0.473. The second kappa shape index (κ2) is 12.0. The molecule has 0 aromatic carbocycles. The van der Waals surface area contributed by atoms with E-state index >= 15 is 0 Å². The summed E-state index contributed by atoms with van der Waals surface area (Å²) in [7, 11) is 0. The molecular formula is C16H30N4O3. The number of rotatable bonds is 13. The van der Waals surface area contributed by atoms with E-state index in [2.05, 4.69) is 15.6 Å². The van der Waals surface area contributed by atoms with Gasteiger partial charge in [0.05, 0.1) is 5.69 Å². The molecular weight excluding hydrogens is 296 g/mol. The molecule has 0 aliphatic rings. The molecule has 0 aliphatic heterocycles. The van der Waals surface area contributed by atoms with Crippen molar-refractivity contribution in [3.05, 3.63) is 11.9 Å². The molecule has 132 valence electrons. The molecule has 1 aromatic rings.